The maximum atomic E-state index is 12.2. The first-order valence-corrected chi connectivity index (χ1v) is 6.39. The highest BCUT2D eigenvalue weighted by Gasteiger charge is 2.23. The molecule has 0 saturated carbocycles. The standard InChI is InChI=1S/C10H15N3OS.ClH/c1-8-10(13-7-6-12-8)15(14)9-2-4-11-5-3-9;/h6-7,9,11H,2-5H2,1H3;1H. The van der Waals surface area contributed by atoms with Gasteiger partial charge in [0.1, 0.15) is 5.03 Å². The highest BCUT2D eigenvalue weighted by molar-refractivity contribution is 7.85. The molecule has 1 aliphatic rings. The Morgan fingerprint density at radius 2 is 1.94 bits per heavy atom. The number of halogens is 1. The molecular weight excluding hydrogens is 246 g/mol. The Labute approximate surface area is 104 Å². The minimum Gasteiger partial charge on any atom is -0.317 e. The molecule has 0 spiro atoms. The monoisotopic (exact) mass is 261 g/mol. The lowest BCUT2D eigenvalue weighted by Crippen LogP contribution is -2.33. The molecule has 6 heteroatoms. The van der Waals surface area contributed by atoms with E-state index in [1.54, 1.807) is 12.4 Å². The summed E-state index contributed by atoms with van der Waals surface area (Å²) in [6.07, 6.45) is 5.17. The number of nitrogens with one attached hydrogen (secondary N) is 1. The molecule has 1 aromatic rings. The molecular formula is C10H16ClN3OS. The fraction of sp³-hybridized carbons (Fsp3) is 0.600. The molecule has 16 heavy (non-hydrogen) atoms. The molecule has 90 valence electrons. The molecule has 1 aromatic heterocycles. The second kappa shape index (κ2) is 6.27. The molecule has 0 aliphatic carbocycles. The van der Waals surface area contributed by atoms with Gasteiger partial charge >= 0.3 is 0 Å². The van der Waals surface area contributed by atoms with Gasteiger partial charge < -0.3 is 5.32 Å². The van der Waals surface area contributed by atoms with Crippen LogP contribution in [0.1, 0.15) is 18.5 Å². The third kappa shape index (κ3) is 2.99. The second-order valence-electron chi connectivity index (χ2n) is 3.69. The van der Waals surface area contributed by atoms with Crippen molar-refractivity contribution in [2.75, 3.05) is 13.1 Å². The fourth-order valence-electron chi connectivity index (χ4n) is 1.76. The van der Waals surface area contributed by atoms with Crippen LogP contribution in [0.15, 0.2) is 17.4 Å². The van der Waals surface area contributed by atoms with Crippen LogP contribution < -0.4 is 5.32 Å². The zero-order chi connectivity index (χ0) is 10.7. The van der Waals surface area contributed by atoms with Gasteiger partial charge in [-0.2, -0.15) is 0 Å². The molecule has 1 saturated heterocycles. The van der Waals surface area contributed by atoms with Crippen LogP contribution in [0, 0.1) is 6.92 Å². The minimum absolute atomic E-state index is 0. The summed E-state index contributed by atoms with van der Waals surface area (Å²) in [6.45, 7) is 3.77. The van der Waals surface area contributed by atoms with Gasteiger partial charge in [0.25, 0.3) is 0 Å². The van der Waals surface area contributed by atoms with Gasteiger partial charge in [0.05, 0.1) is 16.5 Å². The van der Waals surface area contributed by atoms with Crippen molar-refractivity contribution in [3.8, 4) is 0 Å². The zero-order valence-corrected chi connectivity index (χ0v) is 10.8. The number of hydrogen-bond acceptors (Lipinski definition) is 4. The number of aryl methyl sites for hydroxylation is 1. The molecule has 0 bridgehead atoms. The SMILES string of the molecule is Cc1nccnc1S(=O)C1CCNCC1.Cl. The Hall–Kier alpha value is -0.520. The number of piperidine rings is 1. The van der Waals surface area contributed by atoms with Gasteiger partial charge in [-0.05, 0) is 32.9 Å². The smallest absolute Gasteiger partial charge is 0.148 e. The van der Waals surface area contributed by atoms with E-state index in [9.17, 15) is 4.21 Å². The Morgan fingerprint density at radius 3 is 2.56 bits per heavy atom. The van der Waals surface area contributed by atoms with Crippen LogP contribution in [0.4, 0.5) is 0 Å². The Kier molecular flexibility index (Phi) is 5.31. The molecule has 0 amide bonds. The van der Waals surface area contributed by atoms with Crippen LogP contribution in [0.25, 0.3) is 0 Å². The summed E-state index contributed by atoms with van der Waals surface area (Å²) in [5.41, 5.74) is 0.786. The summed E-state index contributed by atoms with van der Waals surface area (Å²) in [5.74, 6) is 0. The number of aromatic nitrogens is 2. The van der Waals surface area contributed by atoms with Gasteiger partial charge in [0, 0.05) is 17.6 Å². The topological polar surface area (TPSA) is 54.9 Å². The van der Waals surface area contributed by atoms with Gasteiger partial charge in [-0.25, -0.2) is 4.98 Å². The van der Waals surface area contributed by atoms with Crippen LogP contribution >= 0.6 is 12.4 Å². The van der Waals surface area contributed by atoms with Gasteiger partial charge in [-0.15, -0.1) is 12.4 Å². The summed E-state index contributed by atoms with van der Waals surface area (Å²) in [4.78, 5) is 8.29. The van der Waals surface area contributed by atoms with E-state index in [0.717, 1.165) is 31.6 Å². The van der Waals surface area contributed by atoms with E-state index in [4.69, 9.17) is 0 Å². The molecule has 1 atom stereocenters. The van der Waals surface area contributed by atoms with Gasteiger partial charge in [0.2, 0.25) is 0 Å². The molecule has 0 radical (unpaired) electrons. The van der Waals surface area contributed by atoms with Gasteiger partial charge in [0.15, 0.2) is 0 Å². The summed E-state index contributed by atoms with van der Waals surface area (Å²) in [5, 5.41) is 4.16. The predicted octanol–water partition coefficient (Wildman–Crippen LogP) is 1.07. The quantitative estimate of drug-likeness (QED) is 0.865. The maximum absolute atomic E-state index is 12.2. The van der Waals surface area contributed by atoms with Crippen LogP contribution in [-0.4, -0.2) is 32.5 Å². The minimum atomic E-state index is -0.995. The number of rotatable bonds is 2. The van der Waals surface area contributed by atoms with Crippen molar-refractivity contribution in [1.82, 2.24) is 15.3 Å². The molecule has 2 heterocycles. The van der Waals surface area contributed by atoms with E-state index in [2.05, 4.69) is 15.3 Å². The highest BCUT2D eigenvalue weighted by Crippen LogP contribution is 2.17. The van der Waals surface area contributed by atoms with Crippen LogP contribution in [0.5, 0.6) is 0 Å². The lowest BCUT2D eigenvalue weighted by atomic mass is 10.2. The molecule has 2 rings (SSSR count). The van der Waals surface area contributed by atoms with E-state index in [-0.39, 0.29) is 17.7 Å². The maximum Gasteiger partial charge on any atom is 0.148 e. The fourth-order valence-corrected chi connectivity index (χ4v) is 3.25. The molecule has 1 aliphatic heterocycles. The summed E-state index contributed by atoms with van der Waals surface area (Å²) in [7, 11) is -0.995. The lowest BCUT2D eigenvalue weighted by molar-refractivity contribution is 0.518. The largest absolute Gasteiger partial charge is 0.317 e. The second-order valence-corrected chi connectivity index (χ2v) is 5.34. The van der Waals surface area contributed by atoms with Crippen LogP contribution in [0.3, 0.4) is 0 Å². The van der Waals surface area contributed by atoms with E-state index in [1.165, 1.54) is 0 Å². The number of hydrogen-bond donors (Lipinski definition) is 1. The third-order valence-electron chi connectivity index (χ3n) is 2.62. The number of nitrogens with zero attached hydrogens (tertiary/aromatic N) is 2. The Balaban J connectivity index is 0.00000128. The van der Waals surface area contributed by atoms with Crippen molar-refractivity contribution in [3.05, 3.63) is 18.1 Å². The summed E-state index contributed by atoms with van der Waals surface area (Å²) in [6, 6.07) is 0. The third-order valence-corrected chi connectivity index (χ3v) is 4.47. The first kappa shape index (κ1) is 13.5. The van der Waals surface area contributed by atoms with Gasteiger partial charge in [-0.1, -0.05) is 0 Å². The van der Waals surface area contributed by atoms with Crippen molar-refractivity contribution in [2.24, 2.45) is 0 Å². The first-order valence-electron chi connectivity index (χ1n) is 5.18. The highest BCUT2D eigenvalue weighted by atomic mass is 35.5. The molecule has 1 unspecified atom stereocenters. The lowest BCUT2D eigenvalue weighted by Gasteiger charge is -2.21. The van der Waals surface area contributed by atoms with Gasteiger partial charge in [-0.3, -0.25) is 9.19 Å². The Morgan fingerprint density at radius 1 is 1.31 bits per heavy atom. The average Bonchev–Trinajstić information content (AvgIpc) is 2.30. The summed E-state index contributed by atoms with van der Waals surface area (Å²) < 4.78 is 12.2. The van der Waals surface area contributed by atoms with Crippen molar-refractivity contribution in [1.29, 1.82) is 0 Å². The first-order chi connectivity index (χ1) is 7.29. The van der Waals surface area contributed by atoms with E-state index >= 15 is 0 Å². The molecule has 0 aromatic carbocycles. The van der Waals surface area contributed by atoms with E-state index < -0.39 is 10.8 Å². The average molecular weight is 262 g/mol. The zero-order valence-electron chi connectivity index (χ0n) is 9.18. The van der Waals surface area contributed by atoms with Crippen molar-refractivity contribution < 1.29 is 4.21 Å². The van der Waals surface area contributed by atoms with Crippen LogP contribution in [-0.2, 0) is 10.8 Å². The molecule has 1 fully saturated rings. The van der Waals surface area contributed by atoms with Crippen LogP contribution in [0.2, 0.25) is 0 Å². The molecule has 1 N–H and O–H groups in total. The van der Waals surface area contributed by atoms with Crippen molar-refractivity contribution >= 4 is 23.2 Å². The van der Waals surface area contributed by atoms with E-state index in [1.807, 2.05) is 6.92 Å². The van der Waals surface area contributed by atoms with Crippen molar-refractivity contribution in [2.45, 2.75) is 30.0 Å². The summed E-state index contributed by atoms with van der Waals surface area (Å²) >= 11 is 0. The van der Waals surface area contributed by atoms with E-state index in [0.29, 0.717) is 5.03 Å². The molecule has 4 nitrogen and oxygen atoms in total. The predicted molar refractivity (Wildman–Crippen MR) is 66.3 cm³/mol. The normalized spacial score (nSPS) is 18.8. The van der Waals surface area contributed by atoms with Crippen molar-refractivity contribution in [3.63, 3.8) is 0 Å². The Bertz CT molecular complexity index is 369.